The summed E-state index contributed by atoms with van der Waals surface area (Å²) < 4.78 is 0. The molecule has 1 heterocycles. The van der Waals surface area contributed by atoms with Crippen LogP contribution in [0.4, 0.5) is 0 Å². The lowest BCUT2D eigenvalue weighted by molar-refractivity contribution is -0.142. The highest BCUT2D eigenvalue weighted by Gasteiger charge is 2.30. The number of nitrogens with one attached hydrogen (secondary N) is 4. The van der Waals surface area contributed by atoms with Crippen molar-refractivity contribution in [2.45, 2.75) is 75.5 Å². The van der Waals surface area contributed by atoms with Crippen LogP contribution in [0.15, 0.2) is 12.5 Å². The summed E-state index contributed by atoms with van der Waals surface area (Å²) in [6, 6.07) is -4.94. The van der Waals surface area contributed by atoms with Gasteiger partial charge in [0.15, 0.2) is 0 Å². The van der Waals surface area contributed by atoms with Crippen LogP contribution in [-0.4, -0.2) is 81.3 Å². The molecular weight excluding hydrogens is 502 g/mol. The van der Waals surface area contributed by atoms with E-state index in [0.717, 1.165) is 0 Å². The molecule has 13 N–H and O–H groups in total. The van der Waals surface area contributed by atoms with E-state index in [1.807, 2.05) is 0 Å². The largest absolute Gasteiger partial charge is 0.480 e. The van der Waals surface area contributed by atoms with E-state index in [0.29, 0.717) is 25.1 Å². The Balaban J connectivity index is 3.00. The van der Waals surface area contributed by atoms with Crippen LogP contribution in [0, 0.1) is 0 Å². The molecule has 1 rings (SSSR count). The fraction of sp³-hybridized carbons (Fsp3) is 0.591. The highest BCUT2D eigenvalue weighted by Crippen LogP contribution is 2.07. The number of amides is 5. The van der Waals surface area contributed by atoms with Crippen LogP contribution in [0.1, 0.15) is 50.6 Å². The molecule has 5 amide bonds. The number of rotatable bonds is 19. The van der Waals surface area contributed by atoms with Gasteiger partial charge in [0.05, 0.1) is 12.4 Å². The van der Waals surface area contributed by atoms with E-state index >= 15 is 0 Å². The first-order valence-electron chi connectivity index (χ1n) is 12.1. The van der Waals surface area contributed by atoms with Crippen LogP contribution in [0.25, 0.3) is 0 Å². The van der Waals surface area contributed by atoms with Crippen LogP contribution in [-0.2, 0) is 35.2 Å². The van der Waals surface area contributed by atoms with Gasteiger partial charge in [0.2, 0.25) is 29.5 Å². The average Bonchev–Trinajstić information content (AvgIpc) is 3.36. The van der Waals surface area contributed by atoms with Gasteiger partial charge in [-0.1, -0.05) is 0 Å². The zero-order chi connectivity index (χ0) is 28.7. The third-order valence-electron chi connectivity index (χ3n) is 5.52. The number of aromatic nitrogens is 2. The summed E-state index contributed by atoms with van der Waals surface area (Å²) in [5, 5.41) is 16.9. The van der Waals surface area contributed by atoms with Crippen molar-refractivity contribution in [1.82, 2.24) is 25.9 Å². The highest BCUT2D eigenvalue weighted by molar-refractivity contribution is 5.94. The summed E-state index contributed by atoms with van der Waals surface area (Å²) in [6.07, 6.45) is 3.13. The number of carbonyl (C=O) groups excluding carboxylic acids is 5. The lowest BCUT2D eigenvalue weighted by Crippen LogP contribution is -2.57. The van der Waals surface area contributed by atoms with Gasteiger partial charge in [-0.2, -0.15) is 0 Å². The maximum atomic E-state index is 13.1. The van der Waals surface area contributed by atoms with Crippen LogP contribution >= 0.6 is 0 Å². The molecule has 4 atom stereocenters. The third kappa shape index (κ3) is 12.3. The maximum absolute atomic E-state index is 13.1. The topological polar surface area (TPSA) is 292 Å². The summed E-state index contributed by atoms with van der Waals surface area (Å²) in [5.74, 6) is -5.03. The van der Waals surface area contributed by atoms with Crippen molar-refractivity contribution in [3.63, 3.8) is 0 Å². The van der Waals surface area contributed by atoms with Gasteiger partial charge in [-0.25, -0.2) is 9.78 Å². The number of primary amides is 2. The molecule has 0 aromatic carbocycles. The minimum Gasteiger partial charge on any atom is -0.480 e. The second kappa shape index (κ2) is 16.6. The molecule has 1 aromatic rings. The van der Waals surface area contributed by atoms with Crippen molar-refractivity contribution in [3.05, 3.63) is 18.2 Å². The number of nitrogens with two attached hydrogens (primary N) is 4. The zero-order valence-electron chi connectivity index (χ0n) is 21.0. The number of unbranched alkanes of at least 4 members (excludes halogenated alkanes) is 1. The second-order valence-electron chi connectivity index (χ2n) is 8.70. The normalized spacial score (nSPS) is 13.9. The van der Waals surface area contributed by atoms with Gasteiger partial charge in [-0.05, 0) is 38.6 Å². The number of aromatic amines is 1. The van der Waals surface area contributed by atoms with Gasteiger partial charge < -0.3 is 49.0 Å². The number of imidazole rings is 1. The Kier molecular flexibility index (Phi) is 14.0. The van der Waals surface area contributed by atoms with Crippen LogP contribution in [0.5, 0.6) is 0 Å². The predicted octanol–water partition coefficient (Wildman–Crippen LogP) is -3.52. The Labute approximate surface area is 219 Å². The molecule has 16 nitrogen and oxygen atoms in total. The second-order valence-corrected chi connectivity index (χ2v) is 8.70. The number of hydrogen-bond acceptors (Lipinski definition) is 9. The maximum Gasteiger partial charge on any atom is 0.326 e. The van der Waals surface area contributed by atoms with E-state index < -0.39 is 59.7 Å². The number of nitrogens with zero attached hydrogens (tertiary/aromatic N) is 1. The predicted molar refractivity (Wildman–Crippen MR) is 133 cm³/mol. The van der Waals surface area contributed by atoms with E-state index in [1.54, 1.807) is 0 Å². The smallest absolute Gasteiger partial charge is 0.326 e. The SMILES string of the molecule is NCCCCC(NC(=O)C(CCC(N)=O)NC(=O)C(N)CCC(N)=O)C(=O)NC(Cc1cnc[nH]1)C(=O)O. The highest BCUT2D eigenvalue weighted by atomic mass is 16.4. The van der Waals surface area contributed by atoms with E-state index in [4.69, 9.17) is 22.9 Å². The standard InChI is InChI=1S/C22H37N9O7/c23-8-2-1-3-14(20(35)31-16(22(37)38)9-12-10-27-11-28-12)30-21(36)15(5-7-18(26)33)29-19(34)13(24)4-6-17(25)32/h10-11,13-16H,1-9,23-24H2,(H2,25,32)(H2,26,33)(H,27,28)(H,29,34)(H,30,36)(H,31,35)(H,37,38). The molecule has 4 unspecified atom stereocenters. The Hall–Kier alpha value is -4.05. The minimum absolute atomic E-state index is 0.0671. The fourth-order valence-corrected chi connectivity index (χ4v) is 3.39. The summed E-state index contributed by atoms with van der Waals surface area (Å²) in [4.78, 5) is 79.1. The molecule has 0 saturated heterocycles. The van der Waals surface area contributed by atoms with Crippen molar-refractivity contribution in [3.8, 4) is 0 Å². The van der Waals surface area contributed by atoms with Gasteiger partial charge in [0.1, 0.15) is 18.1 Å². The van der Waals surface area contributed by atoms with Crippen molar-refractivity contribution < 1.29 is 33.9 Å². The van der Waals surface area contributed by atoms with E-state index in [2.05, 4.69) is 25.9 Å². The lowest BCUT2D eigenvalue weighted by Gasteiger charge is -2.25. The Morgan fingerprint density at radius 2 is 1.39 bits per heavy atom. The molecule has 1 aromatic heterocycles. The molecule has 38 heavy (non-hydrogen) atoms. The van der Waals surface area contributed by atoms with Crippen LogP contribution < -0.4 is 38.9 Å². The molecule has 212 valence electrons. The van der Waals surface area contributed by atoms with Gasteiger partial charge in [-0.3, -0.25) is 24.0 Å². The summed E-state index contributed by atoms with van der Waals surface area (Å²) in [7, 11) is 0. The molecule has 0 aliphatic heterocycles. The molecule has 0 spiro atoms. The quantitative estimate of drug-likeness (QED) is 0.0780. The molecular formula is C22H37N9O7. The van der Waals surface area contributed by atoms with Gasteiger partial charge in [0, 0.05) is 31.2 Å². The number of carbonyl (C=O) groups is 6. The molecule has 0 saturated carbocycles. The monoisotopic (exact) mass is 539 g/mol. The van der Waals surface area contributed by atoms with Crippen LogP contribution in [0.2, 0.25) is 0 Å². The van der Waals surface area contributed by atoms with E-state index in [-0.39, 0.29) is 38.5 Å². The Morgan fingerprint density at radius 3 is 1.92 bits per heavy atom. The summed E-state index contributed by atoms with van der Waals surface area (Å²) in [6.45, 7) is 0.334. The molecule has 0 aliphatic rings. The van der Waals surface area contributed by atoms with Crippen molar-refractivity contribution in [2.24, 2.45) is 22.9 Å². The summed E-state index contributed by atoms with van der Waals surface area (Å²) in [5.41, 5.74) is 22.0. The Morgan fingerprint density at radius 1 is 0.842 bits per heavy atom. The van der Waals surface area contributed by atoms with Gasteiger partial charge in [-0.15, -0.1) is 0 Å². The number of carboxylic acids is 1. The first-order valence-corrected chi connectivity index (χ1v) is 12.1. The minimum atomic E-state index is -1.31. The first kappa shape index (κ1) is 32.0. The number of H-pyrrole nitrogens is 1. The average molecular weight is 540 g/mol. The zero-order valence-corrected chi connectivity index (χ0v) is 21.0. The summed E-state index contributed by atoms with van der Waals surface area (Å²) >= 11 is 0. The van der Waals surface area contributed by atoms with Gasteiger partial charge >= 0.3 is 5.97 Å². The van der Waals surface area contributed by atoms with Crippen molar-refractivity contribution >= 4 is 35.5 Å². The number of carboxylic acid groups (broad SMARTS) is 1. The Bertz CT molecular complexity index is 955. The van der Waals surface area contributed by atoms with Gasteiger partial charge in [0.25, 0.3) is 0 Å². The first-order chi connectivity index (χ1) is 17.9. The third-order valence-corrected chi connectivity index (χ3v) is 5.52. The number of aliphatic carboxylic acids is 1. The lowest BCUT2D eigenvalue weighted by atomic mass is 10.0. The van der Waals surface area contributed by atoms with Crippen molar-refractivity contribution in [2.75, 3.05) is 6.54 Å². The molecule has 0 aliphatic carbocycles. The number of hydrogen-bond donors (Lipinski definition) is 9. The van der Waals surface area contributed by atoms with Crippen LogP contribution in [0.3, 0.4) is 0 Å². The molecule has 0 fully saturated rings. The molecule has 0 bridgehead atoms. The van der Waals surface area contributed by atoms with E-state index in [9.17, 15) is 33.9 Å². The molecule has 0 radical (unpaired) electrons. The molecule has 16 heteroatoms. The van der Waals surface area contributed by atoms with E-state index in [1.165, 1.54) is 12.5 Å². The fourth-order valence-electron chi connectivity index (χ4n) is 3.39. The van der Waals surface area contributed by atoms with Crippen molar-refractivity contribution in [1.29, 1.82) is 0 Å².